The zero-order valence-corrected chi connectivity index (χ0v) is 15.5. The van der Waals surface area contributed by atoms with Crippen LogP contribution in [0.25, 0.3) is 12.2 Å². The van der Waals surface area contributed by atoms with Crippen molar-refractivity contribution in [1.29, 1.82) is 0 Å². The van der Waals surface area contributed by atoms with E-state index in [1.165, 1.54) is 11.3 Å². The summed E-state index contributed by atoms with van der Waals surface area (Å²) in [5, 5.41) is 7.00. The van der Waals surface area contributed by atoms with Gasteiger partial charge in [-0.15, -0.1) is 0 Å². The molecule has 0 aliphatic rings. The molecule has 3 nitrogen and oxygen atoms in total. The highest BCUT2D eigenvalue weighted by atomic mass is 32.1. The number of hydrogen-bond donors (Lipinski definition) is 2. The van der Waals surface area contributed by atoms with Crippen molar-refractivity contribution in [2.75, 3.05) is 24.3 Å². The van der Waals surface area contributed by atoms with E-state index in [4.69, 9.17) is 12.2 Å². The van der Waals surface area contributed by atoms with Crippen LogP contribution in [0.4, 0.5) is 11.4 Å². The summed E-state index contributed by atoms with van der Waals surface area (Å²) in [7, 11) is 4.09. The van der Waals surface area contributed by atoms with E-state index < -0.39 is 0 Å². The maximum atomic E-state index is 5.25. The normalized spacial score (nSPS) is 10.9. The van der Waals surface area contributed by atoms with E-state index in [1.807, 2.05) is 26.2 Å². The molecule has 0 bridgehead atoms. The summed E-state index contributed by atoms with van der Waals surface area (Å²) in [6.07, 6.45) is 4.23. The largest absolute Gasteiger partial charge is 0.378 e. The Morgan fingerprint density at radius 3 is 1.88 bits per heavy atom. The van der Waals surface area contributed by atoms with Gasteiger partial charge >= 0.3 is 0 Å². The van der Waals surface area contributed by atoms with Gasteiger partial charge in [0.1, 0.15) is 0 Å². The lowest BCUT2D eigenvalue weighted by Crippen LogP contribution is -2.33. The molecule has 0 saturated heterocycles. The van der Waals surface area contributed by atoms with Crippen molar-refractivity contribution in [3.63, 3.8) is 0 Å². The highest BCUT2D eigenvalue weighted by Gasteiger charge is 1.99. The second-order valence-electron chi connectivity index (χ2n) is 6.19. The molecule has 0 heterocycles. The SMILES string of the molecule is CC(C)NC(=S)Nc1ccc(C=Cc2ccc(N(C)C)cc2)cc1. The molecule has 2 aromatic carbocycles. The molecule has 0 fully saturated rings. The summed E-state index contributed by atoms with van der Waals surface area (Å²) in [5.74, 6) is 0. The van der Waals surface area contributed by atoms with Gasteiger partial charge in [-0.3, -0.25) is 0 Å². The number of benzene rings is 2. The zero-order valence-electron chi connectivity index (χ0n) is 14.7. The molecule has 0 radical (unpaired) electrons. The second-order valence-corrected chi connectivity index (χ2v) is 6.60. The lowest BCUT2D eigenvalue weighted by atomic mass is 10.1. The molecule has 0 spiro atoms. The Morgan fingerprint density at radius 2 is 1.42 bits per heavy atom. The minimum atomic E-state index is 0.325. The van der Waals surface area contributed by atoms with E-state index >= 15 is 0 Å². The van der Waals surface area contributed by atoms with Gasteiger partial charge in [0, 0.05) is 31.5 Å². The smallest absolute Gasteiger partial charge is 0.170 e. The van der Waals surface area contributed by atoms with E-state index in [2.05, 4.69) is 77.9 Å². The van der Waals surface area contributed by atoms with Crippen LogP contribution in [0.3, 0.4) is 0 Å². The zero-order chi connectivity index (χ0) is 17.5. The summed E-state index contributed by atoms with van der Waals surface area (Å²) >= 11 is 5.25. The van der Waals surface area contributed by atoms with Gasteiger partial charge in [0.05, 0.1) is 0 Å². The number of nitrogens with zero attached hydrogens (tertiary/aromatic N) is 1. The predicted molar refractivity (Wildman–Crippen MR) is 111 cm³/mol. The highest BCUT2D eigenvalue weighted by Crippen LogP contribution is 2.16. The third-order valence-corrected chi connectivity index (χ3v) is 3.69. The van der Waals surface area contributed by atoms with Crippen LogP contribution < -0.4 is 15.5 Å². The summed E-state index contributed by atoms with van der Waals surface area (Å²) in [6, 6.07) is 17.0. The molecule has 4 heteroatoms. The lowest BCUT2D eigenvalue weighted by molar-refractivity contribution is 0.739. The van der Waals surface area contributed by atoms with Gasteiger partial charge in [0.2, 0.25) is 0 Å². The molecular formula is C20H25N3S. The van der Waals surface area contributed by atoms with Gasteiger partial charge in [0.15, 0.2) is 5.11 Å². The van der Waals surface area contributed by atoms with Crippen LogP contribution in [0.5, 0.6) is 0 Å². The van der Waals surface area contributed by atoms with Crippen molar-refractivity contribution in [1.82, 2.24) is 5.32 Å². The first-order valence-corrected chi connectivity index (χ1v) is 8.48. The van der Waals surface area contributed by atoms with Crippen molar-refractivity contribution in [3.8, 4) is 0 Å². The van der Waals surface area contributed by atoms with Crippen molar-refractivity contribution in [2.24, 2.45) is 0 Å². The van der Waals surface area contributed by atoms with Gasteiger partial charge in [-0.1, -0.05) is 36.4 Å². The summed E-state index contributed by atoms with van der Waals surface area (Å²) < 4.78 is 0. The quantitative estimate of drug-likeness (QED) is 0.614. The molecule has 0 aliphatic carbocycles. The van der Waals surface area contributed by atoms with E-state index in [0.29, 0.717) is 11.2 Å². The number of hydrogen-bond acceptors (Lipinski definition) is 2. The fraction of sp³-hybridized carbons (Fsp3) is 0.250. The third kappa shape index (κ3) is 5.70. The van der Waals surface area contributed by atoms with Crippen LogP contribution in [0.1, 0.15) is 25.0 Å². The molecule has 0 unspecified atom stereocenters. The first-order valence-electron chi connectivity index (χ1n) is 8.07. The van der Waals surface area contributed by atoms with Crippen molar-refractivity contribution in [2.45, 2.75) is 19.9 Å². The Bertz CT molecular complexity index is 686. The Labute approximate surface area is 150 Å². The molecule has 2 N–H and O–H groups in total. The van der Waals surface area contributed by atoms with Crippen LogP contribution in [-0.4, -0.2) is 25.2 Å². The fourth-order valence-electron chi connectivity index (χ4n) is 2.18. The Hall–Kier alpha value is -2.33. The Kier molecular flexibility index (Phi) is 6.38. The third-order valence-electron chi connectivity index (χ3n) is 3.47. The van der Waals surface area contributed by atoms with E-state index in [0.717, 1.165) is 11.3 Å². The summed E-state index contributed by atoms with van der Waals surface area (Å²) in [5.41, 5.74) is 4.53. The maximum absolute atomic E-state index is 5.25. The molecule has 0 atom stereocenters. The van der Waals surface area contributed by atoms with E-state index in [-0.39, 0.29) is 0 Å². The average Bonchev–Trinajstić information content (AvgIpc) is 2.54. The number of rotatable bonds is 5. The molecular weight excluding hydrogens is 314 g/mol. The summed E-state index contributed by atoms with van der Waals surface area (Å²) in [4.78, 5) is 2.10. The average molecular weight is 340 g/mol. The summed E-state index contributed by atoms with van der Waals surface area (Å²) in [6.45, 7) is 4.12. The Morgan fingerprint density at radius 1 is 0.917 bits per heavy atom. The monoisotopic (exact) mass is 339 g/mol. The highest BCUT2D eigenvalue weighted by molar-refractivity contribution is 7.80. The molecule has 0 aromatic heterocycles. The minimum Gasteiger partial charge on any atom is -0.378 e. The van der Waals surface area contributed by atoms with Gasteiger partial charge in [-0.05, 0) is 61.5 Å². The lowest BCUT2D eigenvalue weighted by Gasteiger charge is -2.13. The topological polar surface area (TPSA) is 27.3 Å². The minimum absolute atomic E-state index is 0.325. The molecule has 24 heavy (non-hydrogen) atoms. The molecule has 0 amide bonds. The van der Waals surface area contributed by atoms with Crippen molar-refractivity contribution in [3.05, 3.63) is 59.7 Å². The van der Waals surface area contributed by atoms with Gasteiger partial charge in [0.25, 0.3) is 0 Å². The van der Waals surface area contributed by atoms with Gasteiger partial charge in [-0.25, -0.2) is 0 Å². The van der Waals surface area contributed by atoms with Crippen LogP contribution in [0.15, 0.2) is 48.5 Å². The number of nitrogens with one attached hydrogen (secondary N) is 2. The standard InChI is InChI=1S/C20H25N3S/c1-15(2)21-20(24)22-18-11-7-16(8-12-18)5-6-17-9-13-19(14-10-17)23(3)4/h5-15H,1-4H3,(H2,21,22,24). The molecule has 2 rings (SSSR count). The Balaban J connectivity index is 1.96. The first-order chi connectivity index (χ1) is 11.4. The number of thiocarbonyl (C=S) groups is 1. The first kappa shape index (κ1) is 18.0. The van der Waals surface area contributed by atoms with Crippen LogP contribution >= 0.6 is 12.2 Å². The molecule has 0 aliphatic heterocycles. The van der Waals surface area contributed by atoms with Gasteiger partial charge in [-0.2, -0.15) is 0 Å². The van der Waals surface area contributed by atoms with Gasteiger partial charge < -0.3 is 15.5 Å². The van der Waals surface area contributed by atoms with Crippen LogP contribution in [-0.2, 0) is 0 Å². The molecule has 2 aromatic rings. The van der Waals surface area contributed by atoms with E-state index in [1.54, 1.807) is 0 Å². The fourth-order valence-corrected chi connectivity index (χ4v) is 2.54. The predicted octanol–water partition coefficient (Wildman–Crippen LogP) is 4.62. The maximum Gasteiger partial charge on any atom is 0.170 e. The van der Waals surface area contributed by atoms with Crippen LogP contribution in [0, 0.1) is 0 Å². The second kappa shape index (κ2) is 8.50. The van der Waals surface area contributed by atoms with E-state index in [9.17, 15) is 0 Å². The van der Waals surface area contributed by atoms with Crippen LogP contribution in [0.2, 0.25) is 0 Å². The van der Waals surface area contributed by atoms with Crippen molar-refractivity contribution < 1.29 is 0 Å². The molecule has 126 valence electrons. The molecule has 0 saturated carbocycles. The number of anilines is 2. The van der Waals surface area contributed by atoms with Crippen molar-refractivity contribution >= 4 is 40.9 Å².